The Bertz CT molecular complexity index is 848. The number of thioether (sulfide) groups is 1. The lowest BCUT2D eigenvalue weighted by molar-refractivity contribution is -0.140. The van der Waals surface area contributed by atoms with Crippen molar-refractivity contribution in [2.75, 3.05) is 0 Å². The molecule has 28 heavy (non-hydrogen) atoms. The largest absolute Gasteiger partial charge is 0.462 e. The number of aromatic nitrogens is 3. The maximum atomic E-state index is 12.1. The van der Waals surface area contributed by atoms with E-state index in [1.165, 1.54) is 30.2 Å². The monoisotopic (exact) mass is 399 g/mol. The van der Waals surface area contributed by atoms with Crippen LogP contribution in [-0.4, -0.2) is 32.1 Å². The quantitative estimate of drug-likeness (QED) is 0.665. The van der Waals surface area contributed by atoms with Crippen LogP contribution in [0.25, 0.3) is 11.4 Å². The molecule has 6 heteroatoms. The van der Waals surface area contributed by atoms with Gasteiger partial charge in [0.2, 0.25) is 0 Å². The molecule has 0 radical (unpaired) electrons. The van der Waals surface area contributed by atoms with Gasteiger partial charge < -0.3 is 4.74 Å². The highest BCUT2D eigenvalue weighted by Crippen LogP contribution is 2.39. The van der Waals surface area contributed by atoms with E-state index in [0.29, 0.717) is 6.04 Å². The van der Waals surface area contributed by atoms with Crippen LogP contribution >= 0.6 is 11.8 Å². The molecule has 1 aliphatic heterocycles. The summed E-state index contributed by atoms with van der Waals surface area (Å²) in [7, 11) is 0. The third-order valence-corrected chi connectivity index (χ3v) is 6.90. The van der Waals surface area contributed by atoms with Crippen LogP contribution in [0.1, 0.15) is 71.4 Å². The number of nitrogens with zero attached hydrogens (tertiary/aromatic N) is 3. The van der Waals surface area contributed by atoms with E-state index in [0.717, 1.165) is 35.8 Å². The van der Waals surface area contributed by atoms with E-state index in [1.54, 1.807) is 0 Å². The molecule has 1 saturated carbocycles. The van der Waals surface area contributed by atoms with Gasteiger partial charge in [-0.2, -0.15) is 0 Å². The molecule has 2 aliphatic rings. The molecule has 2 atom stereocenters. The van der Waals surface area contributed by atoms with E-state index in [2.05, 4.69) is 59.8 Å². The molecule has 1 aliphatic carbocycles. The van der Waals surface area contributed by atoms with Crippen LogP contribution in [0.3, 0.4) is 0 Å². The number of esters is 1. The molecule has 0 bridgehead atoms. The molecule has 0 spiro atoms. The Hall–Kier alpha value is -1.82. The fourth-order valence-corrected chi connectivity index (χ4v) is 5.32. The van der Waals surface area contributed by atoms with E-state index < -0.39 is 0 Å². The summed E-state index contributed by atoms with van der Waals surface area (Å²) in [6.07, 6.45) is 5.47. The van der Waals surface area contributed by atoms with Gasteiger partial charge >= 0.3 is 5.97 Å². The zero-order chi connectivity index (χ0) is 19.9. The van der Waals surface area contributed by atoms with Crippen LogP contribution in [0.2, 0.25) is 0 Å². The number of cyclic esters (lactones) is 1. The van der Waals surface area contributed by atoms with Gasteiger partial charge in [0.1, 0.15) is 11.4 Å². The molecule has 4 rings (SSSR count). The molecule has 150 valence electrons. The summed E-state index contributed by atoms with van der Waals surface area (Å²) in [5.41, 5.74) is 2.51. The van der Waals surface area contributed by atoms with Crippen LogP contribution in [0, 0.1) is 0 Å². The van der Waals surface area contributed by atoms with Crippen molar-refractivity contribution in [3.05, 3.63) is 29.8 Å². The summed E-state index contributed by atoms with van der Waals surface area (Å²) in [6, 6.07) is 9.08. The average molecular weight is 400 g/mol. The van der Waals surface area contributed by atoms with Crippen molar-refractivity contribution in [2.24, 2.45) is 0 Å². The van der Waals surface area contributed by atoms with Gasteiger partial charge in [0.05, 0.1) is 0 Å². The number of hydrogen-bond donors (Lipinski definition) is 0. The van der Waals surface area contributed by atoms with Crippen molar-refractivity contribution < 1.29 is 9.53 Å². The Morgan fingerprint density at radius 3 is 2.36 bits per heavy atom. The van der Waals surface area contributed by atoms with Crippen LogP contribution < -0.4 is 0 Å². The number of hydrogen-bond acceptors (Lipinski definition) is 5. The Labute approximate surface area is 171 Å². The van der Waals surface area contributed by atoms with E-state index in [1.807, 2.05) is 6.92 Å². The van der Waals surface area contributed by atoms with Crippen molar-refractivity contribution in [1.29, 1.82) is 0 Å². The Balaban J connectivity index is 1.67. The fraction of sp³-hybridized carbons (Fsp3) is 0.591. The normalized spacial score (nSPS) is 23.4. The van der Waals surface area contributed by atoms with Gasteiger partial charge in [-0.3, -0.25) is 9.36 Å². The minimum absolute atomic E-state index is 0.0164. The lowest BCUT2D eigenvalue weighted by Gasteiger charge is -2.20. The Morgan fingerprint density at radius 2 is 1.79 bits per heavy atom. The molecule has 0 amide bonds. The van der Waals surface area contributed by atoms with E-state index >= 15 is 0 Å². The van der Waals surface area contributed by atoms with Crippen molar-refractivity contribution in [3.8, 4) is 11.4 Å². The molecule has 0 unspecified atom stereocenters. The zero-order valence-electron chi connectivity index (χ0n) is 17.1. The van der Waals surface area contributed by atoms with Crippen LogP contribution in [-0.2, 0) is 14.9 Å². The van der Waals surface area contributed by atoms with Gasteiger partial charge in [0.15, 0.2) is 11.0 Å². The Kier molecular flexibility index (Phi) is 5.25. The smallest absolute Gasteiger partial charge is 0.319 e. The molecule has 1 aromatic carbocycles. The van der Waals surface area contributed by atoms with Gasteiger partial charge in [-0.05, 0) is 30.7 Å². The number of carbonyl (C=O) groups excluding carboxylic acids is 1. The van der Waals surface area contributed by atoms with Crippen LogP contribution in [0.4, 0.5) is 0 Å². The van der Waals surface area contributed by atoms with Gasteiger partial charge in [-0.1, -0.05) is 69.6 Å². The molecule has 0 N–H and O–H groups in total. The van der Waals surface area contributed by atoms with Crippen molar-refractivity contribution >= 4 is 17.7 Å². The number of rotatable bonds is 4. The second kappa shape index (κ2) is 7.54. The topological polar surface area (TPSA) is 57.0 Å². The summed E-state index contributed by atoms with van der Waals surface area (Å²) in [6.45, 7) is 8.61. The zero-order valence-corrected chi connectivity index (χ0v) is 18.0. The molecule has 2 heterocycles. The highest BCUT2D eigenvalue weighted by Gasteiger charge is 2.35. The summed E-state index contributed by atoms with van der Waals surface area (Å²) in [4.78, 5) is 12.1. The van der Waals surface area contributed by atoms with E-state index in [-0.39, 0.29) is 22.7 Å². The number of carbonyl (C=O) groups is 1. The van der Waals surface area contributed by atoms with Crippen molar-refractivity contribution in [2.45, 2.75) is 87.8 Å². The third-order valence-electron chi connectivity index (χ3n) is 5.74. The summed E-state index contributed by atoms with van der Waals surface area (Å²) >= 11 is 1.51. The lowest BCUT2D eigenvalue weighted by atomic mass is 9.86. The molecule has 2 aromatic rings. The first-order chi connectivity index (χ1) is 13.3. The standard InChI is InChI=1S/C22H29N3O2S/c1-14-13-18(20(26)27-14)28-21-24-23-19(25(21)17-7-5-6-8-17)15-9-11-16(12-10-15)22(2,3)4/h9-12,14,17-18H,5-8,13H2,1-4H3/t14-,18+/m0/s1. The minimum atomic E-state index is -0.185. The molecule has 1 aromatic heterocycles. The summed E-state index contributed by atoms with van der Waals surface area (Å²) in [5.74, 6) is 0.781. The maximum absolute atomic E-state index is 12.1. The molecular formula is C22H29N3O2S. The van der Waals surface area contributed by atoms with E-state index in [9.17, 15) is 4.79 Å². The van der Waals surface area contributed by atoms with Crippen LogP contribution in [0.5, 0.6) is 0 Å². The highest BCUT2D eigenvalue weighted by molar-refractivity contribution is 8.00. The SMILES string of the molecule is C[C@H]1C[C@@H](Sc2nnc(-c3ccc(C(C)(C)C)cc3)n2C2CCCC2)C(=O)O1. The first-order valence-corrected chi connectivity index (χ1v) is 11.1. The summed E-state index contributed by atoms with van der Waals surface area (Å²) < 4.78 is 7.61. The van der Waals surface area contributed by atoms with Crippen LogP contribution in [0.15, 0.2) is 29.4 Å². The summed E-state index contributed by atoms with van der Waals surface area (Å²) in [5, 5.41) is 9.71. The van der Waals surface area contributed by atoms with Gasteiger partial charge in [-0.15, -0.1) is 10.2 Å². The predicted molar refractivity (Wildman–Crippen MR) is 111 cm³/mol. The third kappa shape index (κ3) is 3.84. The lowest BCUT2D eigenvalue weighted by Crippen LogP contribution is -2.14. The van der Waals surface area contributed by atoms with E-state index in [4.69, 9.17) is 4.74 Å². The van der Waals surface area contributed by atoms with Crippen molar-refractivity contribution in [3.63, 3.8) is 0 Å². The van der Waals surface area contributed by atoms with Gasteiger partial charge in [0.25, 0.3) is 0 Å². The number of ether oxygens (including phenoxy) is 1. The minimum Gasteiger partial charge on any atom is -0.462 e. The molecule has 1 saturated heterocycles. The van der Waals surface area contributed by atoms with Gasteiger partial charge in [0, 0.05) is 18.0 Å². The first-order valence-electron chi connectivity index (χ1n) is 10.3. The fourth-order valence-electron chi connectivity index (χ4n) is 4.11. The van der Waals surface area contributed by atoms with Gasteiger partial charge in [-0.25, -0.2) is 0 Å². The molecular weight excluding hydrogens is 370 g/mol. The predicted octanol–water partition coefficient (Wildman–Crippen LogP) is 5.15. The highest BCUT2D eigenvalue weighted by atomic mass is 32.2. The molecule has 5 nitrogen and oxygen atoms in total. The molecule has 2 fully saturated rings. The second-order valence-corrected chi connectivity index (χ2v) is 10.2. The maximum Gasteiger partial charge on any atom is 0.319 e. The van der Waals surface area contributed by atoms with Crippen molar-refractivity contribution in [1.82, 2.24) is 14.8 Å². The average Bonchev–Trinajstić information content (AvgIpc) is 3.35. The second-order valence-electron chi connectivity index (χ2n) is 9.03. The number of benzene rings is 1. The first kappa shape index (κ1) is 19.5. The Morgan fingerprint density at radius 1 is 1.11 bits per heavy atom.